The maximum atomic E-state index is 10.4. The number of rotatable bonds is 22. The second kappa shape index (κ2) is 26.2. The van der Waals surface area contributed by atoms with Gasteiger partial charge in [0.05, 0.1) is 25.4 Å². The van der Waals surface area contributed by atoms with Crippen molar-refractivity contribution in [3.05, 3.63) is 35.9 Å². The largest absolute Gasteiger partial charge is 0.417 e. The molecule has 0 saturated carbocycles. The van der Waals surface area contributed by atoms with Gasteiger partial charge in [-0.05, 0) is 80.4 Å². The average Bonchev–Trinajstić information content (AvgIpc) is 2.92. The Morgan fingerprint density at radius 2 is 1.19 bits per heavy atom. The van der Waals surface area contributed by atoms with Gasteiger partial charge in [-0.3, -0.25) is 4.90 Å². The molecule has 0 unspecified atom stereocenters. The highest BCUT2D eigenvalue weighted by Gasteiger charge is 2.37. The summed E-state index contributed by atoms with van der Waals surface area (Å²) < 4.78 is 12.3. The SMILES string of the molecule is C.C.CC(C)(C)[Si](C)(C)OCCCC[C@H](O)CN(CCO)Cc1ccccc1.CC(C)(C)[Si](C)(C)OCCCC[C@H](O)CNCCO. The van der Waals surface area contributed by atoms with Crippen LogP contribution in [-0.2, 0) is 15.4 Å². The summed E-state index contributed by atoms with van der Waals surface area (Å²) >= 11 is 0. The summed E-state index contributed by atoms with van der Waals surface area (Å²) in [5, 5.41) is 41.4. The van der Waals surface area contributed by atoms with Crippen molar-refractivity contribution in [3.63, 3.8) is 0 Å². The molecule has 2 atom stereocenters. The first-order valence-corrected chi connectivity index (χ1v) is 23.0. The van der Waals surface area contributed by atoms with E-state index in [-0.39, 0.29) is 50.4 Å². The van der Waals surface area contributed by atoms with Crippen molar-refractivity contribution in [1.29, 1.82) is 0 Å². The zero-order chi connectivity index (χ0) is 34.6. The summed E-state index contributed by atoms with van der Waals surface area (Å²) in [5.41, 5.74) is 1.20. The third-order valence-electron chi connectivity index (χ3n) is 9.20. The Morgan fingerprint density at radius 3 is 1.62 bits per heavy atom. The van der Waals surface area contributed by atoms with Crippen LogP contribution in [0.5, 0.6) is 0 Å². The summed E-state index contributed by atoms with van der Waals surface area (Å²) in [4.78, 5) is 2.12. The van der Waals surface area contributed by atoms with Crippen molar-refractivity contribution >= 4 is 16.6 Å². The molecular weight excluding hydrogens is 625 g/mol. The molecule has 282 valence electrons. The van der Waals surface area contributed by atoms with Gasteiger partial charge in [-0.1, -0.05) is 86.7 Å². The monoisotopic (exact) mass is 705 g/mol. The molecule has 5 N–H and O–H groups in total. The molecule has 10 heteroatoms. The maximum Gasteiger partial charge on any atom is 0.191 e. The number of nitrogens with zero attached hydrogens (tertiary/aromatic N) is 1. The quantitative estimate of drug-likeness (QED) is 0.0626. The Hall–Kier alpha value is -0.666. The minimum atomic E-state index is -1.66. The van der Waals surface area contributed by atoms with Crippen molar-refractivity contribution in [2.75, 3.05) is 52.6 Å². The predicted molar refractivity (Wildman–Crippen MR) is 208 cm³/mol. The van der Waals surface area contributed by atoms with E-state index >= 15 is 0 Å². The first kappa shape index (κ1) is 50.7. The van der Waals surface area contributed by atoms with E-state index in [9.17, 15) is 15.3 Å². The summed E-state index contributed by atoms with van der Waals surface area (Å²) in [7, 11) is -3.27. The first-order valence-electron chi connectivity index (χ1n) is 17.2. The van der Waals surface area contributed by atoms with Gasteiger partial charge in [0.15, 0.2) is 16.6 Å². The summed E-state index contributed by atoms with van der Waals surface area (Å²) in [5.74, 6) is 0. The molecule has 0 fully saturated rings. The van der Waals surface area contributed by atoms with E-state index in [2.05, 4.69) is 90.1 Å². The molecule has 0 aliphatic heterocycles. The normalized spacial score (nSPS) is 13.7. The summed E-state index contributed by atoms with van der Waals surface area (Å²) in [6.45, 7) is 27.4. The Balaban J connectivity index is -0.000000828. The number of hydrogen-bond acceptors (Lipinski definition) is 8. The fourth-order valence-electron chi connectivity index (χ4n) is 4.11. The van der Waals surface area contributed by atoms with Crippen LogP contribution in [0, 0.1) is 0 Å². The fourth-order valence-corrected chi connectivity index (χ4v) is 6.28. The molecule has 0 radical (unpaired) electrons. The van der Waals surface area contributed by atoms with Gasteiger partial charge in [-0.25, -0.2) is 0 Å². The van der Waals surface area contributed by atoms with Crippen LogP contribution >= 0.6 is 0 Å². The Bertz CT molecular complexity index is 847. The lowest BCUT2D eigenvalue weighted by Crippen LogP contribution is -2.41. The van der Waals surface area contributed by atoms with E-state index in [4.69, 9.17) is 14.0 Å². The summed E-state index contributed by atoms with van der Waals surface area (Å²) in [6, 6.07) is 10.2. The standard InChI is InChI=1S/C21H39NO3Si.C14H33NO3Si.2CH4/c1-21(2,3)26(4,5)25-16-10-9-13-20(24)18-22(14-15-23)17-19-11-7-6-8-12-19;1-14(2,3)19(4,5)18-11-7-6-8-13(17)12-15-9-10-16;;/h6-8,11-12,20,23-24H,9-10,13-18H2,1-5H3;13,15-17H,6-12H2,1-5H3;2*1H4/t20-;13-;;/m00../s1. The van der Waals surface area contributed by atoms with Crippen LogP contribution in [0.25, 0.3) is 0 Å². The minimum Gasteiger partial charge on any atom is -0.417 e. The predicted octanol–water partition coefficient (Wildman–Crippen LogP) is 7.43. The number of aliphatic hydroxyl groups is 4. The first-order chi connectivity index (χ1) is 20.9. The Labute approximate surface area is 293 Å². The van der Waals surface area contributed by atoms with Crippen LogP contribution in [0.2, 0.25) is 36.3 Å². The molecule has 8 nitrogen and oxygen atoms in total. The molecule has 0 saturated heterocycles. The van der Waals surface area contributed by atoms with Gasteiger partial charge >= 0.3 is 0 Å². The molecule has 0 aliphatic carbocycles. The van der Waals surface area contributed by atoms with Crippen LogP contribution in [0.1, 0.15) is 100 Å². The van der Waals surface area contributed by atoms with E-state index < -0.39 is 16.6 Å². The zero-order valence-electron chi connectivity index (χ0n) is 30.7. The van der Waals surface area contributed by atoms with Crippen LogP contribution in [0.4, 0.5) is 0 Å². The second-order valence-corrected chi connectivity index (χ2v) is 25.0. The second-order valence-electron chi connectivity index (χ2n) is 15.4. The van der Waals surface area contributed by atoms with Crippen molar-refractivity contribution < 1.29 is 29.3 Å². The van der Waals surface area contributed by atoms with Gasteiger partial charge < -0.3 is 34.6 Å². The highest BCUT2D eigenvalue weighted by atomic mass is 28.4. The molecule has 1 aromatic rings. The molecule has 0 aromatic heterocycles. The molecule has 47 heavy (non-hydrogen) atoms. The average molecular weight is 705 g/mol. The zero-order valence-corrected chi connectivity index (χ0v) is 32.7. The number of nitrogens with one attached hydrogen (secondary N) is 1. The lowest BCUT2D eigenvalue weighted by molar-refractivity contribution is 0.0869. The number of aliphatic hydroxyl groups excluding tert-OH is 4. The van der Waals surface area contributed by atoms with Gasteiger partial charge in [0.2, 0.25) is 0 Å². The Kier molecular flexibility index (Phi) is 28.3. The third kappa shape index (κ3) is 24.2. The van der Waals surface area contributed by atoms with Crippen molar-refractivity contribution in [3.8, 4) is 0 Å². The maximum absolute atomic E-state index is 10.4. The smallest absolute Gasteiger partial charge is 0.191 e. The molecule has 0 aliphatic rings. The molecule has 0 amide bonds. The van der Waals surface area contributed by atoms with E-state index in [1.807, 2.05) is 18.2 Å². The molecule has 0 bridgehead atoms. The van der Waals surface area contributed by atoms with Gasteiger partial charge in [-0.2, -0.15) is 0 Å². The lowest BCUT2D eigenvalue weighted by atomic mass is 10.1. The topological polar surface area (TPSA) is 115 Å². The Morgan fingerprint density at radius 1 is 0.723 bits per heavy atom. The molecule has 0 spiro atoms. The summed E-state index contributed by atoms with van der Waals surface area (Å²) in [6.07, 6.45) is 4.82. The van der Waals surface area contributed by atoms with Gasteiger partial charge in [0.25, 0.3) is 0 Å². The molecule has 1 aromatic carbocycles. The van der Waals surface area contributed by atoms with Gasteiger partial charge in [0.1, 0.15) is 0 Å². The van der Waals surface area contributed by atoms with Crippen LogP contribution in [-0.4, -0.2) is 107 Å². The van der Waals surface area contributed by atoms with Gasteiger partial charge in [-0.15, -0.1) is 0 Å². The van der Waals surface area contributed by atoms with Crippen LogP contribution in [0.15, 0.2) is 30.3 Å². The molecule has 0 heterocycles. The number of benzene rings is 1. The minimum absolute atomic E-state index is 0. The van der Waals surface area contributed by atoms with Crippen molar-refractivity contribution in [2.45, 2.75) is 150 Å². The van der Waals surface area contributed by atoms with E-state index in [0.717, 1.165) is 58.3 Å². The lowest BCUT2D eigenvalue weighted by Gasteiger charge is -2.36. The molecular formula is C37H80N2O6Si2. The van der Waals surface area contributed by atoms with E-state index in [0.29, 0.717) is 26.2 Å². The fraction of sp³-hybridized carbons (Fsp3) is 0.838. The number of unbranched alkanes of at least 4 members (excludes halogenated alkanes) is 2. The van der Waals surface area contributed by atoms with Crippen molar-refractivity contribution in [1.82, 2.24) is 10.2 Å². The van der Waals surface area contributed by atoms with Crippen molar-refractivity contribution in [2.24, 2.45) is 0 Å². The van der Waals surface area contributed by atoms with E-state index in [1.165, 1.54) is 5.56 Å². The third-order valence-corrected chi connectivity index (χ3v) is 18.3. The molecule has 1 rings (SSSR count). The number of hydrogen-bond donors (Lipinski definition) is 5. The van der Waals surface area contributed by atoms with Gasteiger partial charge in [0, 0.05) is 45.9 Å². The van der Waals surface area contributed by atoms with E-state index in [1.54, 1.807) is 0 Å². The highest BCUT2D eigenvalue weighted by Crippen LogP contribution is 2.37. The van der Waals surface area contributed by atoms with Crippen LogP contribution < -0.4 is 5.32 Å². The highest BCUT2D eigenvalue weighted by molar-refractivity contribution is 6.74. The van der Waals surface area contributed by atoms with Crippen LogP contribution in [0.3, 0.4) is 0 Å².